The molecule has 0 saturated carbocycles. The lowest BCUT2D eigenvalue weighted by Gasteiger charge is -2.11. The zero-order valence-electron chi connectivity index (χ0n) is 13.0. The van der Waals surface area contributed by atoms with Gasteiger partial charge >= 0.3 is 0 Å². The molecule has 124 valence electrons. The van der Waals surface area contributed by atoms with Gasteiger partial charge in [0, 0.05) is 31.3 Å². The molecule has 1 unspecified atom stereocenters. The van der Waals surface area contributed by atoms with Crippen molar-refractivity contribution in [3.05, 3.63) is 24.3 Å². The summed E-state index contributed by atoms with van der Waals surface area (Å²) >= 11 is 0. The molecule has 1 aliphatic rings. The van der Waals surface area contributed by atoms with Gasteiger partial charge in [-0.1, -0.05) is 6.07 Å². The molecule has 0 bridgehead atoms. The highest BCUT2D eigenvalue weighted by Gasteiger charge is 2.15. The molecule has 6 heteroatoms. The van der Waals surface area contributed by atoms with E-state index in [4.69, 9.17) is 9.47 Å². The minimum atomic E-state index is 0. The van der Waals surface area contributed by atoms with E-state index < -0.39 is 0 Å². The van der Waals surface area contributed by atoms with Gasteiger partial charge in [0.05, 0.1) is 6.61 Å². The molecular formula is C16H25ClN2O3. The largest absolute Gasteiger partial charge is 0.491 e. The molecule has 0 radical (unpaired) electrons. The Morgan fingerprint density at radius 1 is 1.41 bits per heavy atom. The summed E-state index contributed by atoms with van der Waals surface area (Å²) in [6.45, 7) is 2.12. The first kappa shape index (κ1) is 18.7. The summed E-state index contributed by atoms with van der Waals surface area (Å²) in [6, 6.07) is 7.94. The molecule has 1 aromatic rings. The van der Waals surface area contributed by atoms with E-state index in [1.807, 2.05) is 24.3 Å². The van der Waals surface area contributed by atoms with Crippen LogP contribution in [0.1, 0.15) is 25.7 Å². The Bertz CT molecular complexity index is 451. The number of halogens is 1. The highest BCUT2D eigenvalue weighted by atomic mass is 35.5. The van der Waals surface area contributed by atoms with Crippen LogP contribution < -0.4 is 15.4 Å². The Morgan fingerprint density at radius 3 is 3.00 bits per heavy atom. The fourth-order valence-electron chi connectivity index (χ4n) is 2.44. The van der Waals surface area contributed by atoms with Crippen molar-refractivity contribution in [3.8, 4) is 5.75 Å². The van der Waals surface area contributed by atoms with Crippen molar-refractivity contribution in [1.82, 2.24) is 5.32 Å². The molecule has 2 rings (SSSR count). The van der Waals surface area contributed by atoms with E-state index in [0.717, 1.165) is 24.4 Å². The van der Waals surface area contributed by atoms with Crippen LogP contribution in [0.4, 0.5) is 5.69 Å². The Kier molecular flexibility index (Phi) is 8.89. The van der Waals surface area contributed by atoms with E-state index in [0.29, 0.717) is 25.7 Å². The summed E-state index contributed by atoms with van der Waals surface area (Å²) in [5.41, 5.74) is 0.772. The molecule has 1 amide bonds. The molecule has 22 heavy (non-hydrogen) atoms. The van der Waals surface area contributed by atoms with Gasteiger partial charge in [0.1, 0.15) is 12.4 Å². The van der Waals surface area contributed by atoms with Gasteiger partial charge in [0.25, 0.3) is 0 Å². The van der Waals surface area contributed by atoms with E-state index in [1.165, 1.54) is 12.8 Å². The number of hydrogen-bond acceptors (Lipinski definition) is 4. The van der Waals surface area contributed by atoms with E-state index in [-0.39, 0.29) is 18.3 Å². The van der Waals surface area contributed by atoms with Crippen LogP contribution in [0.3, 0.4) is 0 Å². The van der Waals surface area contributed by atoms with Crippen LogP contribution in [0, 0.1) is 0 Å². The average molecular weight is 329 g/mol. The zero-order valence-corrected chi connectivity index (χ0v) is 13.8. The molecule has 1 heterocycles. The normalized spacial score (nSPS) is 16.9. The maximum Gasteiger partial charge on any atom is 0.224 e. The first-order valence-electron chi connectivity index (χ1n) is 7.53. The number of rotatable bonds is 8. The predicted molar refractivity (Wildman–Crippen MR) is 89.9 cm³/mol. The molecular weight excluding hydrogens is 304 g/mol. The van der Waals surface area contributed by atoms with Gasteiger partial charge in [0.2, 0.25) is 5.91 Å². The minimum Gasteiger partial charge on any atom is -0.491 e. The molecule has 0 spiro atoms. The molecule has 2 N–H and O–H groups in total. The Hall–Kier alpha value is -1.30. The second kappa shape index (κ2) is 10.4. The van der Waals surface area contributed by atoms with Crippen molar-refractivity contribution in [3.63, 3.8) is 0 Å². The number of benzene rings is 1. The fourth-order valence-corrected chi connectivity index (χ4v) is 2.44. The second-order valence-corrected chi connectivity index (χ2v) is 5.25. The third-order valence-electron chi connectivity index (χ3n) is 3.56. The van der Waals surface area contributed by atoms with Gasteiger partial charge in [-0.15, -0.1) is 12.4 Å². The average Bonchev–Trinajstić information content (AvgIpc) is 2.99. The Morgan fingerprint density at radius 2 is 2.27 bits per heavy atom. The first-order valence-corrected chi connectivity index (χ1v) is 7.53. The van der Waals surface area contributed by atoms with E-state index >= 15 is 0 Å². The van der Waals surface area contributed by atoms with Crippen LogP contribution in [0.5, 0.6) is 5.75 Å². The SMILES string of the molecule is COCCOc1cccc(NC(=O)CCC2CCCN2)c1.Cl. The standard InChI is InChI=1S/C16H24N2O3.ClH/c1-20-10-11-21-15-6-2-4-14(12-15)18-16(19)8-7-13-5-3-9-17-13;/h2,4,6,12-13,17H,3,5,7-11H2,1H3,(H,18,19);1H. The molecule has 1 fully saturated rings. The Labute approximate surface area is 138 Å². The quantitative estimate of drug-likeness (QED) is 0.720. The van der Waals surface area contributed by atoms with E-state index in [1.54, 1.807) is 7.11 Å². The molecule has 1 aliphatic heterocycles. The zero-order chi connectivity index (χ0) is 14.9. The number of carbonyl (C=O) groups excluding carboxylic acids is 1. The predicted octanol–water partition coefficient (Wildman–Crippen LogP) is 2.60. The highest BCUT2D eigenvalue weighted by Crippen LogP contribution is 2.18. The third-order valence-corrected chi connectivity index (χ3v) is 3.56. The van der Waals surface area contributed by atoms with Crippen molar-refractivity contribution in [1.29, 1.82) is 0 Å². The first-order chi connectivity index (χ1) is 10.3. The highest BCUT2D eigenvalue weighted by molar-refractivity contribution is 5.90. The minimum absolute atomic E-state index is 0. The summed E-state index contributed by atoms with van der Waals surface area (Å²) in [4.78, 5) is 11.9. The smallest absolute Gasteiger partial charge is 0.224 e. The summed E-state index contributed by atoms with van der Waals surface area (Å²) < 4.78 is 10.5. The number of amides is 1. The van der Waals surface area contributed by atoms with Crippen LogP contribution in [-0.2, 0) is 9.53 Å². The van der Waals surface area contributed by atoms with Crippen LogP contribution >= 0.6 is 12.4 Å². The monoisotopic (exact) mass is 328 g/mol. The maximum absolute atomic E-state index is 11.9. The second-order valence-electron chi connectivity index (χ2n) is 5.25. The lowest BCUT2D eigenvalue weighted by molar-refractivity contribution is -0.116. The lowest BCUT2D eigenvalue weighted by atomic mass is 10.1. The van der Waals surface area contributed by atoms with Crippen molar-refractivity contribution < 1.29 is 14.3 Å². The van der Waals surface area contributed by atoms with Gasteiger partial charge in [-0.2, -0.15) is 0 Å². The maximum atomic E-state index is 11.9. The number of ether oxygens (including phenoxy) is 2. The van der Waals surface area contributed by atoms with E-state index in [9.17, 15) is 4.79 Å². The van der Waals surface area contributed by atoms with Gasteiger partial charge < -0.3 is 20.1 Å². The summed E-state index contributed by atoms with van der Waals surface area (Å²) in [6.07, 6.45) is 3.84. The van der Waals surface area contributed by atoms with Gasteiger partial charge in [-0.25, -0.2) is 0 Å². The molecule has 1 atom stereocenters. The Balaban J connectivity index is 0.00000242. The molecule has 5 nitrogen and oxygen atoms in total. The van der Waals surface area contributed by atoms with Crippen LogP contribution in [0.25, 0.3) is 0 Å². The van der Waals surface area contributed by atoms with Crippen LogP contribution in [0.15, 0.2) is 24.3 Å². The van der Waals surface area contributed by atoms with Crippen molar-refractivity contribution in [2.45, 2.75) is 31.7 Å². The van der Waals surface area contributed by atoms with Crippen molar-refractivity contribution in [2.75, 3.05) is 32.2 Å². The topological polar surface area (TPSA) is 59.6 Å². The number of hydrogen-bond donors (Lipinski definition) is 2. The number of anilines is 1. The summed E-state index contributed by atoms with van der Waals surface area (Å²) in [7, 11) is 1.64. The summed E-state index contributed by atoms with van der Waals surface area (Å²) in [5.74, 6) is 0.792. The van der Waals surface area contributed by atoms with Crippen LogP contribution in [0.2, 0.25) is 0 Å². The van der Waals surface area contributed by atoms with Gasteiger partial charge in [-0.3, -0.25) is 4.79 Å². The summed E-state index contributed by atoms with van der Waals surface area (Å²) in [5, 5.41) is 6.32. The number of carbonyl (C=O) groups is 1. The molecule has 0 aromatic heterocycles. The number of nitrogens with one attached hydrogen (secondary N) is 2. The fraction of sp³-hybridized carbons (Fsp3) is 0.562. The number of methoxy groups -OCH3 is 1. The van der Waals surface area contributed by atoms with Crippen LogP contribution in [-0.4, -0.2) is 38.8 Å². The molecule has 1 saturated heterocycles. The van der Waals surface area contributed by atoms with Crippen molar-refractivity contribution in [2.24, 2.45) is 0 Å². The van der Waals surface area contributed by atoms with E-state index in [2.05, 4.69) is 10.6 Å². The lowest BCUT2D eigenvalue weighted by Crippen LogP contribution is -2.23. The molecule has 0 aliphatic carbocycles. The van der Waals surface area contributed by atoms with Gasteiger partial charge in [0.15, 0.2) is 0 Å². The third kappa shape index (κ3) is 6.64. The van der Waals surface area contributed by atoms with Crippen molar-refractivity contribution >= 4 is 24.0 Å². The van der Waals surface area contributed by atoms with Gasteiger partial charge in [-0.05, 0) is 37.9 Å². The molecule has 1 aromatic carbocycles.